The van der Waals surface area contributed by atoms with Crippen LogP contribution in [0.25, 0.3) is 11.3 Å². The summed E-state index contributed by atoms with van der Waals surface area (Å²) in [4.78, 5) is 44.2. The fourth-order valence-corrected chi connectivity index (χ4v) is 5.07. The minimum atomic E-state index is -0.452. The summed E-state index contributed by atoms with van der Waals surface area (Å²) < 4.78 is 20.5. The largest absolute Gasteiger partial charge is 0.376 e. The maximum Gasteiger partial charge on any atom is 0.279 e. The number of H-pyrrole nitrogens is 1. The van der Waals surface area contributed by atoms with Gasteiger partial charge >= 0.3 is 0 Å². The van der Waals surface area contributed by atoms with Gasteiger partial charge in [0.15, 0.2) is 0 Å². The van der Waals surface area contributed by atoms with Crippen LogP contribution in [0.3, 0.4) is 0 Å². The number of rotatable bonds is 6. The Balaban J connectivity index is 1.65. The molecular formula is C25H29FN4O4. The van der Waals surface area contributed by atoms with E-state index in [9.17, 15) is 18.8 Å². The number of nitrogens with zero attached hydrogens (tertiary/aromatic N) is 3. The van der Waals surface area contributed by atoms with Gasteiger partial charge in [-0.05, 0) is 55.9 Å². The molecule has 2 aromatic rings. The van der Waals surface area contributed by atoms with Crippen LogP contribution in [0.15, 0.2) is 34.8 Å². The second kappa shape index (κ2) is 8.87. The van der Waals surface area contributed by atoms with E-state index in [-0.39, 0.29) is 35.6 Å². The number of carbonyl (C=O) groups is 2. The molecule has 0 aliphatic carbocycles. The Morgan fingerprint density at radius 1 is 1.06 bits per heavy atom. The number of hydrogen-bond acceptors (Lipinski definition) is 5. The zero-order valence-corrected chi connectivity index (χ0v) is 19.5. The maximum atomic E-state index is 13.7. The molecule has 0 spiro atoms. The number of halogens is 1. The molecule has 34 heavy (non-hydrogen) atoms. The SMILES string of the molecule is CC(C)c1[nH]n(-c2ccc(F)cc2)c(=O)c1C1=C(N2CCCC2)C(=O)N(CC2CCCO2)C1=O. The van der Waals surface area contributed by atoms with Crippen LogP contribution in [0.1, 0.15) is 56.7 Å². The molecule has 1 atom stereocenters. The zero-order valence-electron chi connectivity index (χ0n) is 19.5. The van der Waals surface area contributed by atoms with Crippen molar-refractivity contribution in [2.45, 2.75) is 51.6 Å². The van der Waals surface area contributed by atoms with E-state index in [2.05, 4.69) is 5.10 Å². The molecule has 3 aliphatic heterocycles. The van der Waals surface area contributed by atoms with Crippen molar-refractivity contribution in [3.8, 4) is 5.69 Å². The molecule has 0 saturated carbocycles. The third-order valence-corrected chi connectivity index (χ3v) is 6.81. The predicted molar refractivity (Wildman–Crippen MR) is 124 cm³/mol. The lowest BCUT2D eigenvalue weighted by molar-refractivity contribution is -0.139. The van der Waals surface area contributed by atoms with E-state index in [1.54, 1.807) is 0 Å². The van der Waals surface area contributed by atoms with Crippen molar-refractivity contribution in [3.63, 3.8) is 0 Å². The molecule has 2 amide bonds. The van der Waals surface area contributed by atoms with Crippen molar-refractivity contribution < 1.29 is 18.7 Å². The molecule has 2 saturated heterocycles. The molecule has 1 N–H and O–H groups in total. The van der Waals surface area contributed by atoms with Gasteiger partial charge in [-0.3, -0.25) is 24.4 Å². The Morgan fingerprint density at radius 3 is 2.38 bits per heavy atom. The van der Waals surface area contributed by atoms with Gasteiger partial charge in [-0.25, -0.2) is 9.07 Å². The first-order valence-corrected chi connectivity index (χ1v) is 11.9. The highest BCUT2D eigenvalue weighted by Gasteiger charge is 2.45. The van der Waals surface area contributed by atoms with E-state index in [1.165, 1.54) is 33.8 Å². The Kier molecular flexibility index (Phi) is 5.89. The summed E-state index contributed by atoms with van der Waals surface area (Å²) in [6.07, 6.45) is 3.36. The van der Waals surface area contributed by atoms with Crippen LogP contribution in [0.5, 0.6) is 0 Å². The van der Waals surface area contributed by atoms with Gasteiger partial charge in [0.1, 0.15) is 11.5 Å². The highest BCUT2D eigenvalue weighted by molar-refractivity contribution is 6.35. The molecule has 0 bridgehead atoms. The van der Waals surface area contributed by atoms with Crippen LogP contribution in [0.4, 0.5) is 4.39 Å². The van der Waals surface area contributed by atoms with Crippen molar-refractivity contribution in [3.05, 3.63) is 57.4 Å². The van der Waals surface area contributed by atoms with Gasteiger partial charge in [0.25, 0.3) is 17.4 Å². The van der Waals surface area contributed by atoms with Crippen molar-refractivity contribution in [1.82, 2.24) is 19.6 Å². The molecule has 3 aliphatic rings. The topological polar surface area (TPSA) is 87.6 Å². The normalized spacial score (nSPS) is 21.1. The van der Waals surface area contributed by atoms with Gasteiger partial charge < -0.3 is 9.64 Å². The van der Waals surface area contributed by atoms with Gasteiger partial charge in [-0.1, -0.05) is 13.8 Å². The van der Waals surface area contributed by atoms with Crippen LogP contribution in [0, 0.1) is 5.82 Å². The lowest BCUT2D eigenvalue weighted by Gasteiger charge is -2.21. The van der Waals surface area contributed by atoms with Crippen LogP contribution in [0.2, 0.25) is 0 Å². The fraction of sp³-hybridized carbons (Fsp3) is 0.480. The fourth-order valence-electron chi connectivity index (χ4n) is 5.07. The summed E-state index contributed by atoms with van der Waals surface area (Å²) in [7, 11) is 0. The van der Waals surface area contributed by atoms with E-state index in [0.717, 1.165) is 25.7 Å². The number of amides is 2. The maximum absolute atomic E-state index is 13.7. The smallest absolute Gasteiger partial charge is 0.279 e. The predicted octanol–water partition coefficient (Wildman–Crippen LogP) is 2.78. The third-order valence-electron chi connectivity index (χ3n) is 6.81. The lowest BCUT2D eigenvalue weighted by atomic mass is 9.98. The van der Waals surface area contributed by atoms with Gasteiger partial charge in [0, 0.05) is 25.4 Å². The number of benzene rings is 1. The summed E-state index contributed by atoms with van der Waals surface area (Å²) in [6, 6.07) is 5.56. The Labute approximate surface area is 197 Å². The average Bonchev–Trinajstić information content (AvgIpc) is 3.60. The summed E-state index contributed by atoms with van der Waals surface area (Å²) in [6.45, 7) is 5.98. The molecular weight excluding hydrogens is 439 g/mol. The Bertz CT molecular complexity index is 1200. The molecule has 180 valence electrons. The number of likely N-dealkylation sites (tertiary alicyclic amines) is 1. The van der Waals surface area contributed by atoms with E-state index < -0.39 is 17.3 Å². The number of nitrogens with one attached hydrogen (secondary N) is 1. The molecule has 1 aromatic carbocycles. The van der Waals surface area contributed by atoms with Crippen molar-refractivity contribution >= 4 is 17.4 Å². The second-order valence-corrected chi connectivity index (χ2v) is 9.45. The second-order valence-electron chi connectivity index (χ2n) is 9.45. The first kappa shape index (κ1) is 22.6. The summed E-state index contributed by atoms with van der Waals surface area (Å²) in [5.74, 6) is -1.34. The number of imide groups is 1. The van der Waals surface area contributed by atoms with Crippen LogP contribution in [-0.4, -0.2) is 63.7 Å². The van der Waals surface area contributed by atoms with Crippen molar-refractivity contribution in [2.24, 2.45) is 0 Å². The summed E-state index contributed by atoms with van der Waals surface area (Å²) in [5.41, 5.74) is 1.29. The number of ether oxygens (including phenoxy) is 1. The molecule has 2 fully saturated rings. The minimum Gasteiger partial charge on any atom is -0.376 e. The molecule has 9 heteroatoms. The summed E-state index contributed by atoms with van der Waals surface area (Å²) >= 11 is 0. The van der Waals surface area contributed by atoms with E-state index >= 15 is 0 Å². The van der Waals surface area contributed by atoms with Gasteiger partial charge in [-0.15, -0.1) is 0 Å². The van der Waals surface area contributed by atoms with E-state index in [0.29, 0.717) is 36.8 Å². The van der Waals surface area contributed by atoms with Crippen molar-refractivity contribution in [1.29, 1.82) is 0 Å². The van der Waals surface area contributed by atoms with Crippen LogP contribution >= 0.6 is 0 Å². The molecule has 4 heterocycles. The molecule has 1 unspecified atom stereocenters. The monoisotopic (exact) mass is 468 g/mol. The number of hydrogen-bond donors (Lipinski definition) is 1. The Hall–Kier alpha value is -3.20. The van der Waals surface area contributed by atoms with Gasteiger partial charge in [0.2, 0.25) is 0 Å². The van der Waals surface area contributed by atoms with Crippen LogP contribution < -0.4 is 5.56 Å². The molecule has 1 aromatic heterocycles. The number of aromatic amines is 1. The lowest BCUT2D eigenvalue weighted by Crippen LogP contribution is -2.39. The first-order valence-electron chi connectivity index (χ1n) is 11.9. The summed E-state index contributed by atoms with van der Waals surface area (Å²) in [5, 5.41) is 3.12. The van der Waals surface area contributed by atoms with Gasteiger partial charge in [0.05, 0.1) is 29.5 Å². The molecule has 5 rings (SSSR count). The number of carbonyl (C=O) groups excluding carboxylic acids is 2. The van der Waals surface area contributed by atoms with Crippen LogP contribution in [-0.2, 0) is 14.3 Å². The van der Waals surface area contributed by atoms with Gasteiger partial charge in [-0.2, -0.15) is 0 Å². The number of aromatic nitrogens is 2. The average molecular weight is 469 g/mol. The molecule has 8 nitrogen and oxygen atoms in total. The molecule has 0 radical (unpaired) electrons. The third kappa shape index (κ3) is 3.77. The standard InChI is InChI=1S/C25H29FN4O4/c1-15(2)21-19(24(32)30(27-21)17-9-7-16(26)8-10-17)20-22(28-11-3-4-12-28)25(33)29(23(20)31)14-18-6-5-13-34-18/h7-10,15,18,27H,3-6,11-14H2,1-2H3. The van der Waals surface area contributed by atoms with E-state index in [4.69, 9.17) is 4.74 Å². The van der Waals surface area contributed by atoms with E-state index in [1.807, 2.05) is 18.7 Å². The highest BCUT2D eigenvalue weighted by Crippen LogP contribution is 2.35. The Morgan fingerprint density at radius 2 is 1.76 bits per heavy atom. The van der Waals surface area contributed by atoms with Crippen molar-refractivity contribution in [2.75, 3.05) is 26.2 Å². The minimum absolute atomic E-state index is 0.119. The first-order chi connectivity index (χ1) is 16.4. The quantitative estimate of drug-likeness (QED) is 0.659. The highest BCUT2D eigenvalue weighted by atomic mass is 19.1. The zero-order chi connectivity index (χ0) is 24.0.